The Balaban J connectivity index is 1.15. The van der Waals surface area contributed by atoms with E-state index >= 15 is 0 Å². The van der Waals surface area contributed by atoms with Crippen LogP contribution < -0.4 is 41.2 Å². The molecule has 3 heteroatoms. The van der Waals surface area contributed by atoms with Gasteiger partial charge in [-0.1, -0.05) is 202 Å². The first-order valence-electron chi connectivity index (χ1n) is 25.4. The minimum Gasteiger partial charge on any atom is -0.311 e. The second kappa shape index (κ2) is 13.4. The Kier molecular flexibility index (Phi) is 6.10. The standard InChI is InChI=1S/C58H45NSi2/c1-58(2)52-30-12-7-25-46(52)47-36-35-42(39-53(47)58)59(40-19-17-23-44(37-40)60(3)54-31-13-8-26-48(54)49-27-9-14-32-55(49)60)41-20-18-24-45(38-41)61(43-21-5-4-6-22-43)56-33-15-10-28-50(56)51-29-11-16-34-57(51)61/h4-39H,1-3H3/i8D,10D,11D,15D,16D,28D,29D,33D,34D. The van der Waals surface area contributed by atoms with Crippen LogP contribution in [-0.2, 0) is 5.41 Å². The Morgan fingerprint density at radius 2 is 0.934 bits per heavy atom. The van der Waals surface area contributed by atoms with Crippen molar-refractivity contribution < 1.29 is 12.3 Å². The summed E-state index contributed by atoms with van der Waals surface area (Å²) in [4.78, 5) is 2.27. The van der Waals surface area contributed by atoms with E-state index < -0.39 is 40.3 Å². The zero-order valence-corrected chi connectivity index (χ0v) is 36.0. The van der Waals surface area contributed by atoms with Crippen molar-refractivity contribution in [1.29, 1.82) is 0 Å². The van der Waals surface area contributed by atoms with Crippen LogP contribution in [0, 0.1) is 0 Å². The summed E-state index contributed by atoms with van der Waals surface area (Å²) in [5.74, 6) is 0. The summed E-state index contributed by atoms with van der Waals surface area (Å²) in [7, 11) is -6.68. The van der Waals surface area contributed by atoms with Gasteiger partial charge in [0, 0.05) is 22.5 Å². The van der Waals surface area contributed by atoms with Gasteiger partial charge in [-0.05, 0) is 117 Å². The van der Waals surface area contributed by atoms with Crippen molar-refractivity contribution >= 4 is 69.5 Å². The number of fused-ring (bicyclic) bond motifs is 9. The first kappa shape index (κ1) is 27.9. The fraction of sp³-hybridized carbons (Fsp3) is 0.0690. The second-order valence-corrected chi connectivity index (χ2v) is 24.7. The summed E-state index contributed by atoms with van der Waals surface area (Å²) in [6.45, 7) is 6.93. The summed E-state index contributed by atoms with van der Waals surface area (Å²) in [6.07, 6.45) is 0. The number of benzene rings is 9. The minimum atomic E-state index is -4.03. The van der Waals surface area contributed by atoms with Crippen LogP contribution in [-0.4, -0.2) is 16.1 Å². The predicted molar refractivity (Wildman–Crippen MR) is 264 cm³/mol. The Morgan fingerprint density at radius 1 is 0.393 bits per heavy atom. The third-order valence-corrected chi connectivity index (χ3v) is 22.9. The number of rotatable bonds is 6. The molecule has 1 unspecified atom stereocenters. The van der Waals surface area contributed by atoms with E-state index in [1.54, 1.807) is 0 Å². The minimum absolute atomic E-state index is 0.131. The maximum Gasteiger partial charge on any atom is 0.180 e. The van der Waals surface area contributed by atoms with Crippen LogP contribution >= 0.6 is 0 Å². The summed E-state index contributed by atoms with van der Waals surface area (Å²) in [5.41, 5.74) is 9.67. The molecule has 12 rings (SSSR count). The molecule has 2 heterocycles. The first-order valence-corrected chi connectivity index (χ1v) is 25.4. The van der Waals surface area contributed by atoms with Crippen LogP contribution in [0.25, 0.3) is 33.4 Å². The third kappa shape index (κ3) is 4.99. The van der Waals surface area contributed by atoms with Crippen LogP contribution in [0.5, 0.6) is 0 Å². The SMILES string of the molecule is [2H]c1ccc2c(c1)-c1ccccc1[Si]2(C)c1cccc(N(c2cccc([Si]3(c4ccccc4)c4c([2H])c([2H])c([2H])c([2H])c4-c4c([2H])c([2H])c([2H])c([2H])c43)c2)c2ccc3c(c2)C(C)(C)c2ccccc2-3)c1. The molecule has 9 aromatic rings. The van der Waals surface area contributed by atoms with E-state index in [4.69, 9.17) is 6.85 Å². The summed E-state index contributed by atoms with van der Waals surface area (Å²) >= 11 is 0. The van der Waals surface area contributed by atoms with Crippen LogP contribution in [0.4, 0.5) is 17.1 Å². The normalized spacial score (nSPS) is 18.8. The third-order valence-electron chi connectivity index (χ3n) is 13.8. The monoisotopic (exact) mass is 820 g/mol. The summed E-state index contributed by atoms with van der Waals surface area (Å²) in [6, 6.07) is 53.9. The average Bonchev–Trinajstić information content (AvgIpc) is 3.93. The van der Waals surface area contributed by atoms with E-state index in [-0.39, 0.29) is 40.7 Å². The number of anilines is 3. The highest BCUT2D eigenvalue weighted by atomic mass is 28.3. The van der Waals surface area contributed by atoms with E-state index in [9.17, 15) is 5.48 Å². The van der Waals surface area contributed by atoms with E-state index in [1.165, 1.54) is 43.4 Å². The van der Waals surface area contributed by atoms with E-state index in [1.807, 2.05) is 54.6 Å². The van der Waals surface area contributed by atoms with E-state index in [0.29, 0.717) is 21.6 Å². The molecule has 2 aliphatic heterocycles. The molecule has 9 aromatic carbocycles. The van der Waals surface area contributed by atoms with Gasteiger partial charge in [-0.3, -0.25) is 0 Å². The van der Waals surface area contributed by atoms with Gasteiger partial charge in [0.2, 0.25) is 0 Å². The Bertz CT molecular complexity index is 3670. The molecule has 0 spiro atoms. The molecule has 0 saturated heterocycles. The van der Waals surface area contributed by atoms with Crippen LogP contribution in [0.3, 0.4) is 0 Å². The lowest BCUT2D eigenvalue weighted by molar-refractivity contribution is 0.660. The van der Waals surface area contributed by atoms with Gasteiger partial charge in [0.15, 0.2) is 8.07 Å². The largest absolute Gasteiger partial charge is 0.311 e. The Morgan fingerprint density at radius 3 is 1.67 bits per heavy atom. The maximum absolute atomic E-state index is 9.71. The van der Waals surface area contributed by atoms with Crippen molar-refractivity contribution in [2.45, 2.75) is 25.8 Å². The van der Waals surface area contributed by atoms with Gasteiger partial charge >= 0.3 is 0 Å². The van der Waals surface area contributed by atoms with Gasteiger partial charge in [-0.2, -0.15) is 0 Å². The van der Waals surface area contributed by atoms with E-state index in [2.05, 4.69) is 134 Å². The molecule has 1 aliphatic carbocycles. The Hall–Kier alpha value is -6.79. The lowest BCUT2D eigenvalue weighted by Crippen LogP contribution is -2.72. The van der Waals surface area contributed by atoms with Crippen LogP contribution in [0.1, 0.15) is 37.3 Å². The van der Waals surface area contributed by atoms with Crippen molar-refractivity contribution in [2.24, 2.45) is 0 Å². The van der Waals surface area contributed by atoms with Gasteiger partial charge in [-0.25, -0.2) is 0 Å². The van der Waals surface area contributed by atoms with Gasteiger partial charge in [0.1, 0.15) is 8.07 Å². The highest BCUT2D eigenvalue weighted by molar-refractivity contribution is 7.22. The quantitative estimate of drug-likeness (QED) is 0.151. The van der Waals surface area contributed by atoms with Gasteiger partial charge in [0.25, 0.3) is 0 Å². The van der Waals surface area contributed by atoms with Crippen molar-refractivity contribution in [1.82, 2.24) is 0 Å². The molecule has 0 fully saturated rings. The van der Waals surface area contributed by atoms with Crippen LogP contribution in [0.2, 0.25) is 6.55 Å². The molecule has 0 saturated carbocycles. The molecule has 0 bridgehead atoms. The fourth-order valence-electron chi connectivity index (χ4n) is 10.9. The highest BCUT2D eigenvalue weighted by Crippen LogP contribution is 2.50. The van der Waals surface area contributed by atoms with Gasteiger partial charge in [0.05, 0.1) is 12.3 Å². The predicted octanol–water partition coefficient (Wildman–Crippen LogP) is 9.90. The van der Waals surface area contributed by atoms with Crippen LogP contribution in [0.15, 0.2) is 218 Å². The lowest BCUT2D eigenvalue weighted by Gasteiger charge is -2.34. The number of nitrogens with zero attached hydrogens (tertiary/aromatic N) is 1. The molecule has 61 heavy (non-hydrogen) atoms. The molecule has 0 aromatic heterocycles. The molecule has 0 amide bonds. The molecular weight excluding hydrogens is 767 g/mol. The van der Waals surface area contributed by atoms with Gasteiger partial charge < -0.3 is 4.90 Å². The maximum atomic E-state index is 9.71. The molecule has 0 radical (unpaired) electrons. The molecule has 3 aliphatic rings. The van der Waals surface area contributed by atoms with E-state index in [0.717, 1.165) is 27.8 Å². The zero-order valence-electron chi connectivity index (χ0n) is 43.0. The Labute approximate surface area is 373 Å². The smallest absolute Gasteiger partial charge is 0.180 e. The summed E-state index contributed by atoms with van der Waals surface area (Å²) < 4.78 is 82.7. The molecular formula is C58H45NSi2. The van der Waals surface area contributed by atoms with Crippen molar-refractivity contribution in [2.75, 3.05) is 4.90 Å². The average molecular weight is 821 g/mol. The highest BCUT2D eigenvalue weighted by Gasteiger charge is 2.49. The first-order chi connectivity index (χ1) is 33.6. The molecule has 290 valence electrons. The lowest BCUT2D eigenvalue weighted by atomic mass is 9.82. The summed E-state index contributed by atoms with van der Waals surface area (Å²) in [5, 5.41) is 5.85. The molecule has 1 atom stereocenters. The van der Waals surface area contributed by atoms with Crippen molar-refractivity contribution in [3.8, 4) is 33.4 Å². The fourth-order valence-corrected chi connectivity index (χ4v) is 19.8. The second-order valence-electron chi connectivity index (χ2n) is 17.1. The number of hydrogen-bond donors (Lipinski definition) is 0. The van der Waals surface area contributed by atoms with Gasteiger partial charge in [-0.15, -0.1) is 0 Å². The molecule has 1 nitrogen and oxygen atoms in total. The zero-order chi connectivity index (χ0) is 48.8. The number of hydrogen-bond acceptors (Lipinski definition) is 1. The van der Waals surface area contributed by atoms with Crippen molar-refractivity contribution in [3.05, 3.63) is 229 Å². The molecule has 0 N–H and O–H groups in total. The van der Waals surface area contributed by atoms with Crippen molar-refractivity contribution in [3.63, 3.8) is 0 Å². The topological polar surface area (TPSA) is 3.24 Å².